The summed E-state index contributed by atoms with van der Waals surface area (Å²) in [6.07, 6.45) is 0. The number of piperazine rings is 1. The first-order chi connectivity index (χ1) is 8.79. The van der Waals surface area contributed by atoms with Gasteiger partial charge in [-0.3, -0.25) is 9.69 Å². The standard InChI is InChI=1S/C14H20N2O2/c1-2-18-14(17)13-11-16(9-8-15-13)10-12-6-4-3-5-7-12/h3-7,13,15H,2,8-11H2,1H3/t13-/m0/s1. The summed E-state index contributed by atoms with van der Waals surface area (Å²) in [4.78, 5) is 14.0. The summed E-state index contributed by atoms with van der Waals surface area (Å²) >= 11 is 0. The van der Waals surface area contributed by atoms with E-state index in [4.69, 9.17) is 4.74 Å². The minimum atomic E-state index is -0.192. The number of carbonyl (C=O) groups excluding carboxylic acids is 1. The third kappa shape index (κ3) is 3.55. The lowest BCUT2D eigenvalue weighted by molar-refractivity contribution is -0.146. The van der Waals surface area contributed by atoms with Crippen molar-refractivity contribution >= 4 is 5.97 Å². The highest BCUT2D eigenvalue weighted by atomic mass is 16.5. The smallest absolute Gasteiger partial charge is 0.324 e. The van der Waals surface area contributed by atoms with Crippen molar-refractivity contribution in [2.45, 2.75) is 19.5 Å². The maximum Gasteiger partial charge on any atom is 0.324 e. The fraction of sp³-hybridized carbons (Fsp3) is 0.500. The molecule has 0 bridgehead atoms. The van der Waals surface area contributed by atoms with E-state index in [0.717, 1.165) is 19.6 Å². The van der Waals surface area contributed by atoms with E-state index >= 15 is 0 Å². The van der Waals surface area contributed by atoms with Crippen LogP contribution in [0.2, 0.25) is 0 Å². The molecule has 0 unspecified atom stereocenters. The molecule has 0 radical (unpaired) electrons. The van der Waals surface area contributed by atoms with E-state index < -0.39 is 0 Å². The SMILES string of the molecule is CCOC(=O)[C@@H]1CN(Cc2ccccc2)CCN1. The highest BCUT2D eigenvalue weighted by Gasteiger charge is 2.26. The van der Waals surface area contributed by atoms with Crippen LogP contribution in [0.15, 0.2) is 30.3 Å². The molecule has 4 heteroatoms. The molecule has 0 aromatic heterocycles. The lowest BCUT2D eigenvalue weighted by Crippen LogP contribution is -2.54. The Morgan fingerprint density at radius 3 is 2.94 bits per heavy atom. The predicted molar refractivity (Wildman–Crippen MR) is 70.1 cm³/mol. The second-order valence-corrected chi connectivity index (χ2v) is 4.48. The van der Waals surface area contributed by atoms with Gasteiger partial charge in [-0.2, -0.15) is 0 Å². The summed E-state index contributed by atoms with van der Waals surface area (Å²) in [5.41, 5.74) is 1.28. The van der Waals surface area contributed by atoms with Gasteiger partial charge in [0.2, 0.25) is 0 Å². The molecular weight excluding hydrogens is 228 g/mol. The third-order valence-corrected chi connectivity index (χ3v) is 3.08. The summed E-state index contributed by atoms with van der Waals surface area (Å²) in [7, 11) is 0. The fourth-order valence-corrected chi connectivity index (χ4v) is 2.20. The fourth-order valence-electron chi connectivity index (χ4n) is 2.20. The van der Waals surface area contributed by atoms with Crippen molar-refractivity contribution in [3.8, 4) is 0 Å². The molecule has 0 saturated carbocycles. The summed E-state index contributed by atoms with van der Waals surface area (Å²) in [5.74, 6) is -0.143. The van der Waals surface area contributed by atoms with Gasteiger partial charge in [-0.05, 0) is 12.5 Å². The molecule has 1 saturated heterocycles. The van der Waals surface area contributed by atoms with Crippen molar-refractivity contribution in [2.24, 2.45) is 0 Å². The van der Waals surface area contributed by atoms with Gasteiger partial charge in [0.15, 0.2) is 0 Å². The molecule has 1 aliphatic heterocycles. The van der Waals surface area contributed by atoms with E-state index in [9.17, 15) is 4.79 Å². The Morgan fingerprint density at radius 2 is 2.22 bits per heavy atom. The van der Waals surface area contributed by atoms with Crippen LogP contribution in [0.25, 0.3) is 0 Å². The molecule has 1 fully saturated rings. The molecule has 1 aliphatic rings. The number of carbonyl (C=O) groups is 1. The summed E-state index contributed by atoms with van der Waals surface area (Å²) < 4.78 is 5.05. The molecule has 1 heterocycles. The molecule has 2 rings (SSSR count). The molecule has 18 heavy (non-hydrogen) atoms. The van der Waals surface area contributed by atoms with Gasteiger partial charge >= 0.3 is 5.97 Å². The Labute approximate surface area is 108 Å². The first kappa shape index (κ1) is 13.1. The van der Waals surface area contributed by atoms with Crippen molar-refractivity contribution in [3.05, 3.63) is 35.9 Å². The summed E-state index contributed by atoms with van der Waals surface area (Å²) in [6.45, 7) is 5.67. The lowest BCUT2D eigenvalue weighted by atomic mass is 10.1. The van der Waals surface area contributed by atoms with Gasteiger partial charge in [0.1, 0.15) is 6.04 Å². The molecule has 4 nitrogen and oxygen atoms in total. The minimum absolute atomic E-state index is 0.143. The molecule has 1 atom stereocenters. The van der Waals surface area contributed by atoms with Crippen molar-refractivity contribution in [2.75, 3.05) is 26.2 Å². The average molecular weight is 248 g/mol. The first-order valence-corrected chi connectivity index (χ1v) is 6.46. The maximum atomic E-state index is 11.7. The zero-order chi connectivity index (χ0) is 12.8. The van der Waals surface area contributed by atoms with Crippen LogP contribution in [0.4, 0.5) is 0 Å². The second kappa shape index (κ2) is 6.52. The quantitative estimate of drug-likeness (QED) is 0.808. The molecule has 0 amide bonds. The first-order valence-electron chi connectivity index (χ1n) is 6.46. The van der Waals surface area contributed by atoms with Crippen LogP contribution in [-0.2, 0) is 16.1 Å². The number of esters is 1. The van der Waals surface area contributed by atoms with Crippen molar-refractivity contribution in [3.63, 3.8) is 0 Å². The lowest BCUT2D eigenvalue weighted by Gasteiger charge is -2.32. The van der Waals surface area contributed by atoms with Gasteiger partial charge < -0.3 is 10.1 Å². The van der Waals surface area contributed by atoms with Gasteiger partial charge in [-0.15, -0.1) is 0 Å². The Bertz CT molecular complexity index is 381. The van der Waals surface area contributed by atoms with E-state index in [0.29, 0.717) is 13.2 Å². The third-order valence-electron chi connectivity index (χ3n) is 3.08. The van der Waals surface area contributed by atoms with Gasteiger partial charge in [0.05, 0.1) is 6.61 Å². The van der Waals surface area contributed by atoms with E-state index in [1.54, 1.807) is 0 Å². The number of nitrogens with one attached hydrogen (secondary N) is 1. The maximum absolute atomic E-state index is 11.7. The van der Waals surface area contributed by atoms with E-state index in [-0.39, 0.29) is 12.0 Å². The number of ether oxygens (including phenoxy) is 1. The minimum Gasteiger partial charge on any atom is -0.465 e. The Balaban J connectivity index is 1.89. The average Bonchev–Trinajstić information content (AvgIpc) is 2.40. The van der Waals surface area contributed by atoms with Gasteiger partial charge in [0.25, 0.3) is 0 Å². The zero-order valence-corrected chi connectivity index (χ0v) is 10.8. The highest BCUT2D eigenvalue weighted by Crippen LogP contribution is 2.08. The molecular formula is C14H20N2O2. The molecule has 1 N–H and O–H groups in total. The van der Waals surface area contributed by atoms with Crippen molar-refractivity contribution < 1.29 is 9.53 Å². The number of hydrogen-bond donors (Lipinski definition) is 1. The van der Waals surface area contributed by atoms with Crippen LogP contribution in [-0.4, -0.2) is 43.2 Å². The van der Waals surface area contributed by atoms with Crippen molar-refractivity contribution in [1.82, 2.24) is 10.2 Å². The van der Waals surface area contributed by atoms with Gasteiger partial charge in [0, 0.05) is 26.2 Å². The Morgan fingerprint density at radius 1 is 1.44 bits per heavy atom. The summed E-state index contributed by atoms with van der Waals surface area (Å²) in [5, 5.41) is 3.20. The van der Waals surface area contributed by atoms with Crippen LogP contribution < -0.4 is 5.32 Å². The normalized spacial score (nSPS) is 20.6. The largest absolute Gasteiger partial charge is 0.465 e. The monoisotopic (exact) mass is 248 g/mol. The highest BCUT2D eigenvalue weighted by molar-refractivity contribution is 5.76. The molecule has 98 valence electrons. The van der Waals surface area contributed by atoms with Crippen molar-refractivity contribution in [1.29, 1.82) is 0 Å². The van der Waals surface area contributed by atoms with Gasteiger partial charge in [-0.25, -0.2) is 0 Å². The molecule has 0 spiro atoms. The van der Waals surface area contributed by atoms with Gasteiger partial charge in [-0.1, -0.05) is 30.3 Å². The topological polar surface area (TPSA) is 41.6 Å². The Kier molecular flexibility index (Phi) is 4.73. The summed E-state index contributed by atoms with van der Waals surface area (Å²) in [6, 6.07) is 10.1. The molecule has 1 aromatic rings. The number of rotatable bonds is 4. The van der Waals surface area contributed by atoms with Crippen LogP contribution in [0.5, 0.6) is 0 Å². The van der Waals surface area contributed by atoms with E-state index in [1.165, 1.54) is 5.56 Å². The van der Waals surface area contributed by atoms with E-state index in [2.05, 4.69) is 22.3 Å². The van der Waals surface area contributed by atoms with E-state index in [1.807, 2.05) is 25.1 Å². The zero-order valence-electron chi connectivity index (χ0n) is 10.8. The van der Waals surface area contributed by atoms with Crippen LogP contribution >= 0.6 is 0 Å². The number of benzene rings is 1. The number of hydrogen-bond acceptors (Lipinski definition) is 4. The van der Waals surface area contributed by atoms with Crippen LogP contribution in [0.3, 0.4) is 0 Å². The molecule has 1 aromatic carbocycles. The van der Waals surface area contributed by atoms with Crippen LogP contribution in [0.1, 0.15) is 12.5 Å². The second-order valence-electron chi connectivity index (χ2n) is 4.48. The predicted octanol–water partition coefficient (Wildman–Crippen LogP) is 1.02. The number of nitrogens with zero attached hydrogens (tertiary/aromatic N) is 1. The van der Waals surface area contributed by atoms with Crippen LogP contribution in [0, 0.1) is 0 Å². The molecule has 0 aliphatic carbocycles. The Hall–Kier alpha value is -1.39.